The Bertz CT molecular complexity index is 948. The molecule has 0 atom stereocenters. The summed E-state index contributed by atoms with van der Waals surface area (Å²) in [5.74, 6) is 0.638. The maximum atomic E-state index is 13.0. The molecule has 1 N–H and O–H groups in total. The molecule has 1 aliphatic heterocycles. The van der Waals surface area contributed by atoms with Gasteiger partial charge in [0.25, 0.3) is 11.8 Å². The zero-order valence-electron chi connectivity index (χ0n) is 16.6. The third kappa shape index (κ3) is 4.32. The van der Waals surface area contributed by atoms with Crippen molar-refractivity contribution in [2.24, 2.45) is 0 Å². The number of amides is 2. The molecule has 0 unspecified atom stereocenters. The summed E-state index contributed by atoms with van der Waals surface area (Å²) in [4.78, 5) is 27.1. The van der Waals surface area contributed by atoms with Crippen molar-refractivity contribution in [1.82, 2.24) is 4.90 Å². The molecule has 29 heavy (non-hydrogen) atoms. The van der Waals surface area contributed by atoms with Crippen LogP contribution in [0.25, 0.3) is 5.57 Å². The summed E-state index contributed by atoms with van der Waals surface area (Å²) in [5.41, 5.74) is 1.86. The Kier molecular flexibility index (Phi) is 6.34. The number of carbonyl (C=O) groups excluding carboxylic acids is 2. The van der Waals surface area contributed by atoms with Gasteiger partial charge in [-0.1, -0.05) is 24.3 Å². The van der Waals surface area contributed by atoms with E-state index >= 15 is 0 Å². The van der Waals surface area contributed by atoms with Gasteiger partial charge in [0.2, 0.25) is 0 Å². The van der Waals surface area contributed by atoms with Crippen molar-refractivity contribution in [3.05, 3.63) is 72.4 Å². The number of ether oxygens (including phenoxy) is 2. The van der Waals surface area contributed by atoms with Gasteiger partial charge < -0.3 is 14.8 Å². The van der Waals surface area contributed by atoms with E-state index in [-0.39, 0.29) is 24.1 Å². The van der Waals surface area contributed by atoms with Gasteiger partial charge in [0.05, 0.1) is 18.8 Å². The number of hydrogen-bond donors (Lipinski definition) is 1. The Morgan fingerprint density at radius 2 is 1.66 bits per heavy atom. The van der Waals surface area contributed by atoms with Crippen LogP contribution in [0.2, 0.25) is 0 Å². The topological polar surface area (TPSA) is 67.9 Å². The summed E-state index contributed by atoms with van der Waals surface area (Å²) in [6.45, 7) is 8.68. The van der Waals surface area contributed by atoms with Crippen molar-refractivity contribution in [2.45, 2.75) is 13.8 Å². The minimum absolute atomic E-state index is 0.141. The summed E-state index contributed by atoms with van der Waals surface area (Å²) in [7, 11) is 0. The Labute approximate surface area is 170 Å². The van der Waals surface area contributed by atoms with E-state index in [1.54, 1.807) is 30.3 Å². The second kappa shape index (κ2) is 9.10. The van der Waals surface area contributed by atoms with Crippen LogP contribution in [0.15, 0.2) is 66.9 Å². The first-order valence-electron chi connectivity index (χ1n) is 9.53. The maximum Gasteiger partial charge on any atom is 0.278 e. The smallest absolute Gasteiger partial charge is 0.278 e. The fourth-order valence-electron chi connectivity index (χ4n) is 3.11. The van der Waals surface area contributed by atoms with Crippen LogP contribution in [0.4, 0.5) is 5.69 Å². The minimum Gasteiger partial charge on any atom is -0.494 e. The molecule has 0 spiro atoms. The molecule has 6 heteroatoms. The van der Waals surface area contributed by atoms with Crippen LogP contribution in [0.1, 0.15) is 19.4 Å². The molecule has 3 rings (SSSR count). The molecule has 1 heterocycles. The van der Waals surface area contributed by atoms with Crippen LogP contribution < -0.4 is 14.8 Å². The average Bonchev–Trinajstić information content (AvgIpc) is 2.94. The van der Waals surface area contributed by atoms with Crippen LogP contribution in [-0.4, -0.2) is 36.5 Å². The number of carbonyl (C=O) groups is 2. The number of anilines is 1. The molecule has 2 amide bonds. The normalized spacial score (nSPS) is 13.7. The molecule has 0 saturated carbocycles. The predicted octanol–water partition coefficient (Wildman–Crippen LogP) is 3.86. The van der Waals surface area contributed by atoms with Gasteiger partial charge in [-0.05, 0) is 43.7 Å². The average molecular weight is 392 g/mol. The van der Waals surface area contributed by atoms with Gasteiger partial charge in [-0.15, -0.1) is 6.58 Å². The lowest BCUT2D eigenvalue weighted by molar-refractivity contribution is -0.136. The van der Waals surface area contributed by atoms with Gasteiger partial charge in [0.1, 0.15) is 17.2 Å². The van der Waals surface area contributed by atoms with Gasteiger partial charge in [-0.3, -0.25) is 14.5 Å². The Hall–Kier alpha value is -3.54. The van der Waals surface area contributed by atoms with E-state index in [2.05, 4.69) is 11.9 Å². The van der Waals surface area contributed by atoms with E-state index in [4.69, 9.17) is 9.47 Å². The highest BCUT2D eigenvalue weighted by atomic mass is 16.5. The summed E-state index contributed by atoms with van der Waals surface area (Å²) < 4.78 is 11.0. The van der Waals surface area contributed by atoms with Crippen molar-refractivity contribution in [3.8, 4) is 11.5 Å². The zero-order valence-corrected chi connectivity index (χ0v) is 16.6. The highest BCUT2D eigenvalue weighted by Gasteiger charge is 2.38. The predicted molar refractivity (Wildman–Crippen MR) is 113 cm³/mol. The molecule has 0 radical (unpaired) electrons. The number of nitrogens with zero attached hydrogens (tertiary/aromatic N) is 1. The quantitative estimate of drug-likeness (QED) is 0.518. The first-order chi connectivity index (χ1) is 14.1. The Morgan fingerprint density at radius 1 is 0.966 bits per heavy atom. The van der Waals surface area contributed by atoms with E-state index in [1.165, 1.54) is 11.0 Å². The van der Waals surface area contributed by atoms with Crippen molar-refractivity contribution in [3.63, 3.8) is 0 Å². The molecule has 0 bridgehead atoms. The highest BCUT2D eigenvalue weighted by molar-refractivity contribution is 6.36. The first-order valence-corrected chi connectivity index (χ1v) is 9.53. The molecule has 0 aromatic heterocycles. The molecule has 150 valence electrons. The highest BCUT2D eigenvalue weighted by Crippen LogP contribution is 2.32. The van der Waals surface area contributed by atoms with Gasteiger partial charge in [-0.25, -0.2) is 0 Å². The minimum atomic E-state index is -0.388. The van der Waals surface area contributed by atoms with Crippen LogP contribution in [-0.2, 0) is 9.59 Å². The summed E-state index contributed by atoms with van der Waals surface area (Å²) in [6, 6.07) is 14.4. The maximum absolute atomic E-state index is 13.0. The van der Waals surface area contributed by atoms with Crippen LogP contribution in [0.5, 0.6) is 11.5 Å². The number of nitrogens with one attached hydrogen (secondary N) is 1. The van der Waals surface area contributed by atoms with E-state index in [1.807, 2.05) is 32.0 Å². The first kappa shape index (κ1) is 20.2. The molecule has 0 saturated heterocycles. The molecule has 6 nitrogen and oxygen atoms in total. The molecule has 1 aliphatic rings. The largest absolute Gasteiger partial charge is 0.494 e. The van der Waals surface area contributed by atoms with Crippen molar-refractivity contribution in [2.75, 3.05) is 25.1 Å². The lowest BCUT2D eigenvalue weighted by Gasteiger charge is -2.13. The molecule has 0 fully saturated rings. The van der Waals surface area contributed by atoms with E-state index in [9.17, 15) is 9.59 Å². The number of imide groups is 1. The second-order valence-corrected chi connectivity index (χ2v) is 6.30. The summed E-state index contributed by atoms with van der Waals surface area (Å²) >= 11 is 0. The van der Waals surface area contributed by atoms with Crippen molar-refractivity contribution < 1.29 is 19.1 Å². The Morgan fingerprint density at radius 3 is 2.31 bits per heavy atom. The number of hydrogen-bond acceptors (Lipinski definition) is 5. The monoisotopic (exact) mass is 392 g/mol. The fourth-order valence-corrected chi connectivity index (χ4v) is 3.11. The third-order valence-corrected chi connectivity index (χ3v) is 4.35. The fraction of sp³-hybridized carbons (Fsp3) is 0.217. The lowest BCUT2D eigenvalue weighted by Crippen LogP contribution is -2.32. The SMILES string of the molecule is C=CCN1C(=O)C(Nc2cccc(OCC)c2)=C(c2ccc(OCC)cc2)C1=O. The molecular weight excluding hydrogens is 368 g/mol. The zero-order chi connectivity index (χ0) is 20.8. The summed E-state index contributed by atoms with van der Waals surface area (Å²) in [6.07, 6.45) is 1.53. The van der Waals surface area contributed by atoms with Crippen LogP contribution in [0, 0.1) is 0 Å². The van der Waals surface area contributed by atoms with Gasteiger partial charge in [0.15, 0.2) is 0 Å². The lowest BCUT2D eigenvalue weighted by atomic mass is 10.0. The van der Waals surface area contributed by atoms with Crippen molar-refractivity contribution >= 4 is 23.1 Å². The van der Waals surface area contributed by atoms with Crippen LogP contribution >= 0.6 is 0 Å². The number of benzene rings is 2. The van der Waals surface area contributed by atoms with Gasteiger partial charge in [0, 0.05) is 18.3 Å². The second-order valence-electron chi connectivity index (χ2n) is 6.30. The standard InChI is InChI=1S/C23H24N2O4/c1-4-14-25-22(26)20(16-10-12-18(13-11-16)28-5-2)21(23(25)27)24-17-8-7-9-19(15-17)29-6-3/h4,7-13,15,24H,1,5-6,14H2,2-3H3. The van der Waals surface area contributed by atoms with Crippen molar-refractivity contribution in [1.29, 1.82) is 0 Å². The van der Waals surface area contributed by atoms with Gasteiger partial charge in [-0.2, -0.15) is 0 Å². The summed E-state index contributed by atoms with van der Waals surface area (Å²) in [5, 5.41) is 3.12. The van der Waals surface area contributed by atoms with E-state index < -0.39 is 0 Å². The van der Waals surface area contributed by atoms with E-state index in [0.717, 1.165) is 0 Å². The molecular formula is C23H24N2O4. The molecule has 0 aliphatic carbocycles. The van der Waals surface area contributed by atoms with Gasteiger partial charge >= 0.3 is 0 Å². The van der Waals surface area contributed by atoms with Crippen LogP contribution in [0.3, 0.4) is 0 Å². The number of rotatable bonds is 9. The van der Waals surface area contributed by atoms with E-state index in [0.29, 0.717) is 41.5 Å². The molecule has 2 aromatic carbocycles. The molecule has 2 aromatic rings. The third-order valence-electron chi connectivity index (χ3n) is 4.35. The Balaban J connectivity index is 2.01.